The first-order chi connectivity index (χ1) is 12.8. The fraction of sp³-hybridized carbons (Fsp3) is 0.190. The molecule has 0 spiro atoms. The van der Waals surface area contributed by atoms with Gasteiger partial charge in [0.2, 0.25) is 0 Å². The first-order valence-electron chi connectivity index (χ1n) is 8.72. The van der Waals surface area contributed by atoms with Gasteiger partial charge in [0.1, 0.15) is 17.0 Å². The number of anilines is 1. The van der Waals surface area contributed by atoms with Crippen LogP contribution in [0.4, 0.5) is 5.69 Å². The van der Waals surface area contributed by atoms with Crippen LogP contribution in [0, 0.1) is 20.8 Å². The Bertz CT molecular complexity index is 1280. The molecule has 0 radical (unpaired) electrons. The van der Waals surface area contributed by atoms with E-state index in [-0.39, 0.29) is 11.5 Å². The Labute approximate surface area is 156 Å². The lowest BCUT2D eigenvalue weighted by Crippen LogP contribution is -2.16. The Morgan fingerprint density at radius 1 is 1.04 bits per heavy atom. The molecule has 0 saturated carbocycles. The molecule has 0 atom stereocenters. The quantitative estimate of drug-likeness (QED) is 0.596. The number of fused-ring (bicyclic) bond motifs is 2. The molecule has 0 aliphatic rings. The van der Waals surface area contributed by atoms with Crippen LogP contribution in [-0.2, 0) is 7.05 Å². The molecule has 0 unspecified atom stereocenters. The van der Waals surface area contributed by atoms with E-state index in [4.69, 9.17) is 0 Å². The van der Waals surface area contributed by atoms with Crippen molar-refractivity contribution in [1.29, 1.82) is 0 Å². The Balaban J connectivity index is 1.83. The van der Waals surface area contributed by atoms with Crippen molar-refractivity contribution in [2.75, 3.05) is 5.32 Å². The lowest BCUT2D eigenvalue weighted by Gasteiger charge is -2.09. The van der Waals surface area contributed by atoms with E-state index in [0.29, 0.717) is 22.4 Å². The van der Waals surface area contributed by atoms with E-state index in [0.717, 1.165) is 22.4 Å². The molecule has 3 heterocycles. The van der Waals surface area contributed by atoms with Crippen LogP contribution in [0.3, 0.4) is 0 Å². The summed E-state index contributed by atoms with van der Waals surface area (Å²) in [6.45, 7) is 5.88. The summed E-state index contributed by atoms with van der Waals surface area (Å²) in [5, 5.41) is 3.35. The topological polar surface area (TPSA) is 68.4 Å². The van der Waals surface area contributed by atoms with Gasteiger partial charge in [0.15, 0.2) is 0 Å². The summed E-state index contributed by atoms with van der Waals surface area (Å²) in [5.41, 5.74) is 5.10. The first-order valence-corrected chi connectivity index (χ1v) is 8.72. The van der Waals surface area contributed by atoms with E-state index in [1.165, 1.54) is 4.40 Å². The van der Waals surface area contributed by atoms with E-state index in [2.05, 4.69) is 10.3 Å². The molecular formula is C21H20N4O2. The molecule has 6 nitrogen and oxygen atoms in total. The number of rotatable bonds is 2. The van der Waals surface area contributed by atoms with Gasteiger partial charge in [-0.15, -0.1) is 0 Å². The molecular weight excluding hydrogens is 340 g/mol. The van der Waals surface area contributed by atoms with Crippen LogP contribution in [0.1, 0.15) is 27.2 Å². The highest BCUT2D eigenvalue weighted by molar-refractivity contribution is 6.06. The molecule has 1 N–H and O–H groups in total. The molecule has 0 bridgehead atoms. The van der Waals surface area contributed by atoms with Crippen molar-refractivity contribution in [2.45, 2.75) is 20.8 Å². The van der Waals surface area contributed by atoms with Crippen molar-refractivity contribution >= 4 is 28.3 Å². The minimum atomic E-state index is -0.271. The number of aromatic nitrogens is 3. The van der Waals surface area contributed by atoms with E-state index >= 15 is 0 Å². The summed E-state index contributed by atoms with van der Waals surface area (Å²) in [6, 6.07) is 11.2. The van der Waals surface area contributed by atoms with Crippen LogP contribution < -0.4 is 10.9 Å². The van der Waals surface area contributed by atoms with Gasteiger partial charge >= 0.3 is 0 Å². The maximum atomic E-state index is 12.9. The zero-order chi connectivity index (χ0) is 19.3. The van der Waals surface area contributed by atoms with Crippen LogP contribution in [0.5, 0.6) is 0 Å². The molecule has 6 heteroatoms. The number of hydrogen-bond acceptors (Lipinski definition) is 3. The number of nitrogens with zero attached hydrogens (tertiary/aromatic N) is 3. The van der Waals surface area contributed by atoms with Crippen molar-refractivity contribution in [3.05, 3.63) is 75.3 Å². The van der Waals surface area contributed by atoms with Crippen molar-refractivity contribution in [2.24, 2.45) is 7.05 Å². The third kappa shape index (κ3) is 2.79. The predicted molar refractivity (Wildman–Crippen MR) is 107 cm³/mol. The molecule has 0 fully saturated rings. The largest absolute Gasteiger partial charge is 0.324 e. The lowest BCUT2D eigenvalue weighted by molar-refractivity contribution is 0.101. The molecule has 0 saturated heterocycles. The van der Waals surface area contributed by atoms with Crippen LogP contribution in [0.2, 0.25) is 0 Å². The van der Waals surface area contributed by atoms with Crippen molar-refractivity contribution < 1.29 is 4.79 Å². The number of benzene rings is 1. The minimum absolute atomic E-state index is 0.181. The molecule has 3 aromatic heterocycles. The molecule has 1 aromatic carbocycles. The van der Waals surface area contributed by atoms with Crippen molar-refractivity contribution in [1.82, 2.24) is 14.0 Å². The molecule has 0 aliphatic carbocycles. The third-order valence-electron chi connectivity index (χ3n) is 4.81. The fourth-order valence-corrected chi connectivity index (χ4v) is 3.33. The Morgan fingerprint density at radius 3 is 2.52 bits per heavy atom. The number of amides is 1. The molecule has 136 valence electrons. The molecule has 0 aliphatic heterocycles. The predicted octanol–water partition coefficient (Wildman–Crippen LogP) is 3.36. The molecule has 4 aromatic rings. The number of hydrogen-bond donors (Lipinski definition) is 1. The summed E-state index contributed by atoms with van der Waals surface area (Å²) in [4.78, 5) is 30.3. The van der Waals surface area contributed by atoms with Gasteiger partial charge in [-0.25, -0.2) is 4.98 Å². The zero-order valence-corrected chi connectivity index (χ0v) is 15.7. The van der Waals surface area contributed by atoms with Gasteiger partial charge in [0.25, 0.3) is 11.5 Å². The van der Waals surface area contributed by atoms with Crippen molar-refractivity contribution in [3.8, 4) is 0 Å². The Hall–Kier alpha value is -3.41. The Kier molecular flexibility index (Phi) is 3.84. The third-order valence-corrected chi connectivity index (χ3v) is 4.81. The lowest BCUT2D eigenvalue weighted by atomic mass is 10.1. The van der Waals surface area contributed by atoms with E-state index in [9.17, 15) is 9.59 Å². The van der Waals surface area contributed by atoms with Crippen LogP contribution in [-0.4, -0.2) is 19.9 Å². The minimum Gasteiger partial charge on any atom is -0.324 e. The normalized spacial score (nSPS) is 11.3. The number of carbonyl (C=O) groups excluding carboxylic acids is 1. The number of nitrogens with one attached hydrogen (secondary N) is 1. The maximum Gasteiger partial charge on any atom is 0.272 e. The van der Waals surface area contributed by atoms with Gasteiger partial charge in [-0.2, -0.15) is 0 Å². The van der Waals surface area contributed by atoms with Crippen LogP contribution in [0.25, 0.3) is 16.7 Å². The number of carbonyl (C=O) groups is 1. The highest BCUT2D eigenvalue weighted by Crippen LogP contribution is 2.20. The van der Waals surface area contributed by atoms with Gasteiger partial charge in [-0.1, -0.05) is 23.8 Å². The second-order valence-electron chi connectivity index (χ2n) is 6.95. The summed E-state index contributed by atoms with van der Waals surface area (Å²) in [6.07, 6.45) is 1.76. The fourth-order valence-electron chi connectivity index (χ4n) is 3.33. The van der Waals surface area contributed by atoms with Gasteiger partial charge < -0.3 is 9.88 Å². The highest BCUT2D eigenvalue weighted by Gasteiger charge is 2.18. The van der Waals surface area contributed by atoms with Gasteiger partial charge in [-0.3, -0.25) is 14.0 Å². The van der Waals surface area contributed by atoms with Crippen LogP contribution >= 0.6 is 0 Å². The maximum absolute atomic E-state index is 12.9. The van der Waals surface area contributed by atoms with E-state index < -0.39 is 0 Å². The second kappa shape index (κ2) is 6.09. The second-order valence-corrected chi connectivity index (χ2v) is 6.95. The number of pyridine rings is 1. The van der Waals surface area contributed by atoms with Gasteiger partial charge in [0.05, 0.1) is 5.39 Å². The molecule has 1 amide bonds. The Morgan fingerprint density at radius 2 is 1.78 bits per heavy atom. The molecule has 27 heavy (non-hydrogen) atoms. The summed E-state index contributed by atoms with van der Waals surface area (Å²) in [5.74, 6) is -0.271. The zero-order valence-electron chi connectivity index (χ0n) is 15.7. The summed E-state index contributed by atoms with van der Waals surface area (Å²) in [7, 11) is 1.75. The highest BCUT2D eigenvalue weighted by atomic mass is 16.2. The molecule has 4 rings (SSSR count). The number of aryl methyl sites for hydroxylation is 4. The summed E-state index contributed by atoms with van der Waals surface area (Å²) >= 11 is 0. The average Bonchev–Trinajstić information content (AvgIpc) is 2.95. The SMILES string of the molecule is Cc1ccc(NC(=O)c2cc3c(=O)n4cc(C)ccc4nc3n2C)c(C)c1. The van der Waals surface area contributed by atoms with Crippen molar-refractivity contribution in [3.63, 3.8) is 0 Å². The average molecular weight is 360 g/mol. The summed E-state index contributed by atoms with van der Waals surface area (Å²) < 4.78 is 3.18. The smallest absolute Gasteiger partial charge is 0.272 e. The standard InChI is InChI=1S/C21H20N4O2/c1-12-5-7-16(14(3)9-12)22-20(26)17-10-15-19(24(17)4)23-18-8-6-13(2)11-25(18)21(15)27/h5-11H,1-4H3,(H,22,26). The van der Waals surface area contributed by atoms with Gasteiger partial charge in [0, 0.05) is 18.9 Å². The van der Waals surface area contributed by atoms with E-state index in [1.54, 1.807) is 29.9 Å². The first kappa shape index (κ1) is 17.0. The monoisotopic (exact) mass is 360 g/mol. The van der Waals surface area contributed by atoms with Gasteiger partial charge in [-0.05, 0) is 50.1 Å². The van der Waals surface area contributed by atoms with Crippen LogP contribution in [0.15, 0.2) is 47.4 Å². The van der Waals surface area contributed by atoms with E-state index in [1.807, 2.05) is 45.0 Å².